The van der Waals surface area contributed by atoms with Crippen molar-refractivity contribution in [2.75, 3.05) is 45.8 Å². The van der Waals surface area contributed by atoms with Crippen LogP contribution in [0.25, 0.3) is 0 Å². The van der Waals surface area contributed by atoms with Crippen LogP contribution in [-0.4, -0.2) is 61.6 Å². The van der Waals surface area contributed by atoms with Crippen molar-refractivity contribution in [2.45, 2.75) is 19.8 Å². The van der Waals surface area contributed by atoms with Gasteiger partial charge in [-0.1, -0.05) is 6.92 Å². The van der Waals surface area contributed by atoms with E-state index < -0.39 is 0 Å². The van der Waals surface area contributed by atoms with Crippen LogP contribution in [0, 0.1) is 5.41 Å². The highest BCUT2D eigenvalue weighted by Gasteiger charge is 2.31. The Bertz CT molecular complexity index is 281. The number of hydrogen-bond acceptors (Lipinski definition) is 3. The topological polar surface area (TPSA) is 61.6 Å². The van der Waals surface area contributed by atoms with Gasteiger partial charge in [0.15, 0.2) is 0 Å². The molecule has 0 aliphatic carbocycles. The van der Waals surface area contributed by atoms with Gasteiger partial charge in [0.1, 0.15) is 0 Å². The summed E-state index contributed by atoms with van der Waals surface area (Å²) in [5, 5.41) is 3.43. The molecule has 2 heterocycles. The number of carbonyl (C=O) groups excluding carboxylic acids is 1. The third-order valence-electron chi connectivity index (χ3n) is 3.96. The molecule has 2 aliphatic heterocycles. The molecule has 1 unspecified atom stereocenters. The van der Waals surface area contributed by atoms with Crippen LogP contribution in [0.4, 0.5) is 4.79 Å². The van der Waals surface area contributed by atoms with E-state index in [2.05, 4.69) is 17.1 Å². The summed E-state index contributed by atoms with van der Waals surface area (Å²) in [5.41, 5.74) is 5.73. The molecule has 0 aromatic rings. The number of rotatable bonds is 2. The summed E-state index contributed by atoms with van der Waals surface area (Å²) in [4.78, 5) is 15.4. The van der Waals surface area contributed by atoms with Gasteiger partial charge in [0.05, 0.1) is 0 Å². The molecule has 2 fully saturated rings. The first-order chi connectivity index (χ1) is 8.09. The van der Waals surface area contributed by atoms with Gasteiger partial charge in [-0.2, -0.15) is 0 Å². The quantitative estimate of drug-likeness (QED) is 0.772. The van der Waals surface area contributed by atoms with E-state index in [1.807, 2.05) is 0 Å². The number of nitrogens with one attached hydrogen (secondary N) is 1. The lowest BCUT2D eigenvalue weighted by Gasteiger charge is -2.31. The van der Waals surface area contributed by atoms with Gasteiger partial charge in [0.25, 0.3) is 0 Å². The molecule has 0 spiro atoms. The molecule has 0 aromatic heterocycles. The molecule has 0 bridgehead atoms. The summed E-state index contributed by atoms with van der Waals surface area (Å²) in [5.74, 6) is 0. The SMILES string of the molecule is CC1(CN2CCCN(C(N)=O)CC2)CCNC1.Cl. The first-order valence-electron chi connectivity index (χ1n) is 6.57. The lowest BCUT2D eigenvalue weighted by molar-refractivity contribution is 0.179. The third kappa shape index (κ3) is 4.00. The molecule has 2 amide bonds. The van der Waals surface area contributed by atoms with Crippen LogP contribution < -0.4 is 11.1 Å². The molecule has 1 atom stereocenters. The van der Waals surface area contributed by atoms with Gasteiger partial charge in [-0.15, -0.1) is 12.4 Å². The second-order valence-electron chi connectivity index (χ2n) is 5.69. The molecule has 3 N–H and O–H groups in total. The number of amides is 2. The van der Waals surface area contributed by atoms with Crippen LogP contribution in [0.1, 0.15) is 19.8 Å². The maximum Gasteiger partial charge on any atom is 0.314 e. The summed E-state index contributed by atoms with van der Waals surface area (Å²) >= 11 is 0. The van der Waals surface area contributed by atoms with Crippen LogP contribution >= 0.6 is 12.4 Å². The molecule has 2 aliphatic rings. The molecule has 18 heavy (non-hydrogen) atoms. The molecule has 5 nitrogen and oxygen atoms in total. The van der Waals surface area contributed by atoms with Gasteiger partial charge >= 0.3 is 6.03 Å². The summed E-state index contributed by atoms with van der Waals surface area (Å²) in [6.07, 6.45) is 2.29. The molecule has 2 rings (SSSR count). The van der Waals surface area contributed by atoms with E-state index in [-0.39, 0.29) is 18.4 Å². The zero-order valence-electron chi connectivity index (χ0n) is 11.2. The second-order valence-corrected chi connectivity index (χ2v) is 5.69. The van der Waals surface area contributed by atoms with Crippen molar-refractivity contribution in [3.63, 3.8) is 0 Å². The number of nitrogens with zero attached hydrogens (tertiary/aromatic N) is 2. The molecule has 6 heteroatoms. The Morgan fingerprint density at radius 2 is 2.11 bits per heavy atom. The first kappa shape index (κ1) is 15.5. The van der Waals surface area contributed by atoms with E-state index in [4.69, 9.17) is 5.73 Å². The second kappa shape index (κ2) is 6.59. The van der Waals surface area contributed by atoms with Gasteiger partial charge in [-0.3, -0.25) is 0 Å². The minimum Gasteiger partial charge on any atom is -0.351 e. The number of hydrogen-bond donors (Lipinski definition) is 2. The summed E-state index contributed by atoms with van der Waals surface area (Å²) in [6, 6.07) is -0.277. The maximum absolute atomic E-state index is 11.1. The Kier molecular flexibility index (Phi) is 5.69. The van der Waals surface area contributed by atoms with Crippen LogP contribution in [-0.2, 0) is 0 Å². The molecule has 2 saturated heterocycles. The molecule has 0 aromatic carbocycles. The Labute approximate surface area is 115 Å². The van der Waals surface area contributed by atoms with Crippen molar-refractivity contribution in [1.82, 2.24) is 15.1 Å². The molecular weight excluding hydrogens is 252 g/mol. The average molecular weight is 277 g/mol. The number of carbonyl (C=O) groups is 1. The van der Waals surface area contributed by atoms with E-state index in [0.717, 1.165) is 52.2 Å². The molecule has 106 valence electrons. The highest BCUT2D eigenvalue weighted by atomic mass is 35.5. The van der Waals surface area contributed by atoms with Crippen molar-refractivity contribution in [2.24, 2.45) is 11.1 Å². The smallest absolute Gasteiger partial charge is 0.314 e. The van der Waals surface area contributed by atoms with Crippen molar-refractivity contribution < 1.29 is 4.79 Å². The Hall–Kier alpha value is -0.520. The lowest BCUT2D eigenvalue weighted by Crippen LogP contribution is -2.41. The van der Waals surface area contributed by atoms with Crippen molar-refractivity contribution in [1.29, 1.82) is 0 Å². The largest absolute Gasteiger partial charge is 0.351 e. The standard InChI is InChI=1S/C12H24N4O.ClH/c1-12(3-4-14-9-12)10-15-5-2-6-16(8-7-15)11(13)17;/h14H,2-10H2,1H3,(H2,13,17);1H. The Morgan fingerprint density at radius 3 is 2.72 bits per heavy atom. The fourth-order valence-electron chi connectivity index (χ4n) is 2.89. The van der Waals surface area contributed by atoms with Gasteiger partial charge < -0.3 is 20.9 Å². The van der Waals surface area contributed by atoms with Crippen molar-refractivity contribution in [3.8, 4) is 0 Å². The summed E-state index contributed by atoms with van der Waals surface area (Å²) in [6.45, 7) is 9.36. The Balaban J connectivity index is 0.00000162. The van der Waals surface area contributed by atoms with Crippen LogP contribution in [0.5, 0.6) is 0 Å². The number of urea groups is 1. The summed E-state index contributed by atoms with van der Waals surface area (Å²) < 4.78 is 0. The third-order valence-corrected chi connectivity index (χ3v) is 3.96. The lowest BCUT2D eigenvalue weighted by atomic mass is 9.89. The zero-order chi connectivity index (χ0) is 12.3. The van der Waals surface area contributed by atoms with Crippen molar-refractivity contribution in [3.05, 3.63) is 0 Å². The van der Waals surface area contributed by atoms with Crippen LogP contribution in [0.15, 0.2) is 0 Å². The number of nitrogens with two attached hydrogens (primary N) is 1. The normalized spacial score (nSPS) is 29.7. The van der Waals surface area contributed by atoms with E-state index in [1.165, 1.54) is 6.42 Å². The van der Waals surface area contributed by atoms with Crippen LogP contribution in [0.3, 0.4) is 0 Å². The highest BCUT2D eigenvalue weighted by molar-refractivity contribution is 5.85. The van der Waals surface area contributed by atoms with Crippen LogP contribution in [0.2, 0.25) is 0 Å². The molecule has 0 radical (unpaired) electrons. The zero-order valence-corrected chi connectivity index (χ0v) is 12.0. The minimum absolute atomic E-state index is 0. The maximum atomic E-state index is 11.1. The van der Waals surface area contributed by atoms with Gasteiger partial charge in [0, 0.05) is 32.7 Å². The minimum atomic E-state index is -0.277. The Morgan fingerprint density at radius 1 is 1.33 bits per heavy atom. The van der Waals surface area contributed by atoms with Crippen molar-refractivity contribution >= 4 is 18.4 Å². The van der Waals surface area contributed by atoms with Gasteiger partial charge in [0.2, 0.25) is 0 Å². The van der Waals surface area contributed by atoms with E-state index >= 15 is 0 Å². The van der Waals surface area contributed by atoms with Gasteiger partial charge in [-0.05, 0) is 31.3 Å². The van der Waals surface area contributed by atoms with Gasteiger partial charge in [-0.25, -0.2) is 4.79 Å². The summed E-state index contributed by atoms with van der Waals surface area (Å²) in [7, 11) is 0. The predicted molar refractivity (Wildman–Crippen MR) is 75.1 cm³/mol. The molecular formula is C12H25ClN4O. The number of primary amides is 1. The molecule has 0 saturated carbocycles. The monoisotopic (exact) mass is 276 g/mol. The first-order valence-corrected chi connectivity index (χ1v) is 6.57. The van der Waals surface area contributed by atoms with E-state index in [1.54, 1.807) is 4.90 Å². The number of halogens is 1. The average Bonchev–Trinajstić information content (AvgIpc) is 2.56. The van der Waals surface area contributed by atoms with E-state index in [9.17, 15) is 4.79 Å². The highest BCUT2D eigenvalue weighted by Crippen LogP contribution is 2.26. The predicted octanol–water partition coefficient (Wildman–Crippen LogP) is 0.494. The van der Waals surface area contributed by atoms with E-state index in [0.29, 0.717) is 5.41 Å². The fraction of sp³-hybridized carbons (Fsp3) is 0.917. The fourth-order valence-corrected chi connectivity index (χ4v) is 2.89.